The molecule has 0 saturated heterocycles. The summed E-state index contributed by atoms with van der Waals surface area (Å²) in [6, 6.07) is 3.65. The summed E-state index contributed by atoms with van der Waals surface area (Å²) in [5.74, 6) is 0.822. The van der Waals surface area contributed by atoms with E-state index < -0.39 is 0 Å². The summed E-state index contributed by atoms with van der Waals surface area (Å²) in [5, 5.41) is 0. The highest BCUT2D eigenvalue weighted by molar-refractivity contribution is 5.10. The van der Waals surface area contributed by atoms with E-state index in [1.165, 1.54) is 0 Å². The number of hydrogen-bond acceptors (Lipinski definition) is 2. The van der Waals surface area contributed by atoms with Crippen LogP contribution in [0.25, 0.3) is 0 Å². The van der Waals surface area contributed by atoms with Gasteiger partial charge >= 0.3 is 0 Å². The van der Waals surface area contributed by atoms with E-state index in [0.29, 0.717) is 0 Å². The van der Waals surface area contributed by atoms with Crippen LogP contribution in [0.5, 0.6) is 0 Å². The van der Waals surface area contributed by atoms with Gasteiger partial charge in [-0.2, -0.15) is 0 Å². The third kappa shape index (κ3) is 2.55. The molecule has 0 bridgehead atoms. The van der Waals surface area contributed by atoms with Gasteiger partial charge in [0.05, 0.1) is 12.3 Å². The normalized spacial score (nSPS) is 13.8. The molecule has 0 radical (unpaired) electrons. The molecule has 1 aromatic heterocycles. The monoisotopic (exact) mass is 165 g/mol. The van der Waals surface area contributed by atoms with Crippen molar-refractivity contribution in [2.45, 2.75) is 25.8 Å². The number of hydrogen-bond donors (Lipinski definition) is 1. The third-order valence-corrected chi connectivity index (χ3v) is 1.67. The first-order valence-electron chi connectivity index (χ1n) is 4.30. The first-order valence-corrected chi connectivity index (χ1v) is 4.30. The van der Waals surface area contributed by atoms with Crippen molar-refractivity contribution in [1.82, 2.24) is 0 Å². The fraction of sp³-hybridized carbons (Fsp3) is 0.400. The van der Waals surface area contributed by atoms with Crippen LogP contribution in [0.4, 0.5) is 0 Å². The van der Waals surface area contributed by atoms with Crippen LogP contribution >= 0.6 is 0 Å². The number of unbranched alkanes of at least 4 members (excludes halogenated alkanes) is 1. The molecule has 1 aromatic rings. The molecule has 2 heteroatoms. The van der Waals surface area contributed by atoms with Crippen molar-refractivity contribution < 1.29 is 4.42 Å². The zero-order valence-corrected chi connectivity index (χ0v) is 7.36. The molecule has 12 heavy (non-hydrogen) atoms. The number of nitrogens with two attached hydrogens (primary N) is 1. The van der Waals surface area contributed by atoms with E-state index in [4.69, 9.17) is 10.2 Å². The van der Waals surface area contributed by atoms with Crippen LogP contribution in [-0.4, -0.2) is 0 Å². The molecular formula is C10H15NO. The van der Waals surface area contributed by atoms with Gasteiger partial charge in [-0.1, -0.05) is 25.5 Å². The van der Waals surface area contributed by atoms with Crippen LogP contribution in [-0.2, 0) is 0 Å². The lowest BCUT2D eigenvalue weighted by molar-refractivity contribution is 0.493. The molecule has 1 unspecified atom stereocenters. The Kier molecular flexibility index (Phi) is 3.61. The van der Waals surface area contributed by atoms with E-state index in [1.807, 2.05) is 18.2 Å². The predicted octanol–water partition coefficient (Wildman–Crippen LogP) is 2.64. The van der Waals surface area contributed by atoms with E-state index in [2.05, 4.69) is 13.0 Å². The summed E-state index contributed by atoms with van der Waals surface area (Å²) < 4.78 is 5.15. The summed E-state index contributed by atoms with van der Waals surface area (Å²) in [6.07, 6.45) is 7.94. The topological polar surface area (TPSA) is 39.2 Å². The quantitative estimate of drug-likeness (QED) is 0.696. The Morgan fingerprint density at radius 1 is 1.67 bits per heavy atom. The Hall–Kier alpha value is -1.02. The summed E-state index contributed by atoms with van der Waals surface area (Å²) in [7, 11) is 0. The Labute approximate surface area is 73.1 Å². The van der Waals surface area contributed by atoms with Gasteiger partial charge in [0, 0.05) is 0 Å². The van der Waals surface area contributed by atoms with Crippen molar-refractivity contribution in [2.75, 3.05) is 0 Å². The lowest BCUT2D eigenvalue weighted by atomic mass is 10.2. The largest absolute Gasteiger partial charge is 0.467 e. The molecule has 1 rings (SSSR count). The fourth-order valence-corrected chi connectivity index (χ4v) is 0.985. The first kappa shape index (κ1) is 9.07. The van der Waals surface area contributed by atoms with Gasteiger partial charge in [0.25, 0.3) is 0 Å². The molecule has 0 fully saturated rings. The van der Waals surface area contributed by atoms with Crippen molar-refractivity contribution in [2.24, 2.45) is 5.73 Å². The van der Waals surface area contributed by atoms with Crippen LogP contribution in [0.3, 0.4) is 0 Å². The second-order valence-electron chi connectivity index (χ2n) is 2.76. The van der Waals surface area contributed by atoms with Gasteiger partial charge in [-0.3, -0.25) is 0 Å². The molecule has 0 spiro atoms. The van der Waals surface area contributed by atoms with E-state index >= 15 is 0 Å². The Balaban J connectivity index is 2.44. The maximum absolute atomic E-state index is 5.80. The standard InChI is InChI=1S/C10H15NO/c1-2-3-4-6-9(11)10-7-5-8-12-10/h4-9H,2-3,11H2,1H3/b6-4+. The highest BCUT2D eigenvalue weighted by atomic mass is 16.3. The lowest BCUT2D eigenvalue weighted by Gasteiger charge is -2.00. The smallest absolute Gasteiger partial charge is 0.124 e. The van der Waals surface area contributed by atoms with Crippen LogP contribution in [0.15, 0.2) is 35.0 Å². The maximum atomic E-state index is 5.80. The predicted molar refractivity (Wildman–Crippen MR) is 49.7 cm³/mol. The number of furan rings is 1. The van der Waals surface area contributed by atoms with Crippen LogP contribution < -0.4 is 5.73 Å². The van der Waals surface area contributed by atoms with Gasteiger partial charge in [0.2, 0.25) is 0 Å². The Morgan fingerprint density at radius 3 is 3.08 bits per heavy atom. The van der Waals surface area contributed by atoms with Crippen LogP contribution in [0.2, 0.25) is 0 Å². The molecule has 1 atom stereocenters. The molecule has 1 heterocycles. The summed E-state index contributed by atoms with van der Waals surface area (Å²) in [6.45, 7) is 2.14. The molecule has 0 amide bonds. The van der Waals surface area contributed by atoms with Crippen molar-refractivity contribution in [3.05, 3.63) is 36.3 Å². The molecule has 2 N–H and O–H groups in total. The second kappa shape index (κ2) is 4.78. The van der Waals surface area contributed by atoms with Crippen LogP contribution in [0.1, 0.15) is 31.6 Å². The van der Waals surface area contributed by atoms with Gasteiger partial charge in [-0.05, 0) is 18.6 Å². The van der Waals surface area contributed by atoms with E-state index in [0.717, 1.165) is 18.6 Å². The van der Waals surface area contributed by atoms with Crippen molar-refractivity contribution in [3.63, 3.8) is 0 Å². The molecule has 66 valence electrons. The molecule has 2 nitrogen and oxygen atoms in total. The summed E-state index contributed by atoms with van der Waals surface area (Å²) >= 11 is 0. The molecule has 0 aliphatic heterocycles. The third-order valence-electron chi connectivity index (χ3n) is 1.67. The van der Waals surface area contributed by atoms with Gasteiger partial charge in [0.1, 0.15) is 5.76 Å². The van der Waals surface area contributed by atoms with E-state index in [1.54, 1.807) is 6.26 Å². The summed E-state index contributed by atoms with van der Waals surface area (Å²) in [5.41, 5.74) is 5.80. The average Bonchev–Trinajstić information content (AvgIpc) is 2.56. The van der Waals surface area contributed by atoms with Gasteiger partial charge in [-0.15, -0.1) is 0 Å². The molecule has 0 saturated carbocycles. The SMILES string of the molecule is CCC/C=C/C(N)c1ccco1. The lowest BCUT2D eigenvalue weighted by Crippen LogP contribution is -2.05. The second-order valence-corrected chi connectivity index (χ2v) is 2.76. The van der Waals surface area contributed by atoms with Gasteiger partial charge in [0.15, 0.2) is 0 Å². The number of allylic oxidation sites excluding steroid dienone is 1. The highest BCUT2D eigenvalue weighted by Crippen LogP contribution is 2.11. The average molecular weight is 165 g/mol. The Bertz CT molecular complexity index is 226. The Morgan fingerprint density at radius 2 is 2.50 bits per heavy atom. The highest BCUT2D eigenvalue weighted by Gasteiger charge is 2.02. The molecule has 0 aliphatic rings. The zero-order chi connectivity index (χ0) is 8.81. The first-order chi connectivity index (χ1) is 5.84. The minimum absolute atomic E-state index is 0.0912. The van der Waals surface area contributed by atoms with Crippen molar-refractivity contribution in [1.29, 1.82) is 0 Å². The van der Waals surface area contributed by atoms with Crippen molar-refractivity contribution >= 4 is 0 Å². The molecule has 0 aliphatic carbocycles. The van der Waals surface area contributed by atoms with E-state index in [9.17, 15) is 0 Å². The minimum atomic E-state index is -0.0912. The molecule has 0 aromatic carbocycles. The summed E-state index contributed by atoms with van der Waals surface area (Å²) in [4.78, 5) is 0. The minimum Gasteiger partial charge on any atom is -0.467 e. The zero-order valence-electron chi connectivity index (χ0n) is 7.36. The van der Waals surface area contributed by atoms with Crippen LogP contribution in [0, 0.1) is 0 Å². The maximum Gasteiger partial charge on any atom is 0.124 e. The van der Waals surface area contributed by atoms with Crippen molar-refractivity contribution in [3.8, 4) is 0 Å². The van der Waals surface area contributed by atoms with Gasteiger partial charge in [-0.25, -0.2) is 0 Å². The number of rotatable bonds is 4. The van der Waals surface area contributed by atoms with Gasteiger partial charge < -0.3 is 10.2 Å². The molecular weight excluding hydrogens is 150 g/mol. The van der Waals surface area contributed by atoms with E-state index in [-0.39, 0.29) is 6.04 Å². The fourth-order valence-electron chi connectivity index (χ4n) is 0.985.